The molecule has 0 aromatic carbocycles. The molecule has 1 rings (SSSR count). The van der Waals surface area contributed by atoms with Gasteiger partial charge in [0.15, 0.2) is 0 Å². The van der Waals surface area contributed by atoms with Crippen LogP contribution in [0, 0.1) is 0 Å². The van der Waals surface area contributed by atoms with Crippen LogP contribution >= 0.6 is 0 Å². The summed E-state index contributed by atoms with van der Waals surface area (Å²) in [7, 11) is -1.51. The zero-order chi connectivity index (χ0) is 10.4. The highest BCUT2D eigenvalue weighted by atomic mass is 17.2. The van der Waals surface area contributed by atoms with Gasteiger partial charge < -0.3 is 9.68 Å². The third-order valence-electron chi connectivity index (χ3n) is 1.09. The van der Waals surface area contributed by atoms with Gasteiger partial charge in [-0.25, -0.2) is 14.7 Å². The van der Waals surface area contributed by atoms with Crippen LogP contribution in [0.4, 0.5) is 0 Å². The quantitative estimate of drug-likeness (QED) is 0.413. The Hall–Kier alpha value is -1.18. The lowest BCUT2D eigenvalue weighted by molar-refractivity contribution is -0.258. The first kappa shape index (κ1) is 10.9. The molecule has 1 aromatic heterocycles. The Morgan fingerprint density at radius 2 is 2.21 bits per heavy atom. The van der Waals surface area contributed by atoms with E-state index in [0.717, 1.165) is 0 Å². The second-order valence-electron chi connectivity index (χ2n) is 2.71. The summed E-state index contributed by atoms with van der Waals surface area (Å²) in [6.07, 6.45) is 4.12. The number of hydrogen-bond donors (Lipinski definition) is 1. The average molecular weight is 198 g/mol. The third-order valence-corrected chi connectivity index (χ3v) is 1.09. The van der Waals surface area contributed by atoms with Crippen molar-refractivity contribution in [3.8, 4) is 5.88 Å². The molecular formula is C7H11BN2O4. The summed E-state index contributed by atoms with van der Waals surface area (Å²) in [5.74, 6) is 0.160. The fourth-order valence-corrected chi connectivity index (χ4v) is 0.628. The zero-order valence-corrected chi connectivity index (χ0v) is 7.95. The van der Waals surface area contributed by atoms with Crippen LogP contribution in [0.1, 0.15) is 13.8 Å². The van der Waals surface area contributed by atoms with Crippen molar-refractivity contribution in [2.45, 2.75) is 20.0 Å². The van der Waals surface area contributed by atoms with Crippen LogP contribution in [0.25, 0.3) is 0 Å². The first-order chi connectivity index (χ1) is 6.68. The fourth-order valence-electron chi connectivity index (χ4n) is 0.628. The molecule has 0 spiro atoms. The summed E-state index contributed by atoms with van der Waals surface area (Å²) in [6, 6.07) is 0. The first-order valence-corrected chi connectivity index (χ1v) is 4.11. The molecule has 0 unspecified atom stereocenters. The molecule has 7 heteroatoms. The summed E-state index contributed by atoms with van der Waals surface area (Å²) in [4.78, 5) is 16.6. The van der Waals surface area contributed by atoms with Gasteiger partial charge in [0.2, 0.25) is 5.88 Å². The van der Waals surface area contributed by atoms with E-state index in [1.165, 1.54) is 18.6 Å². The number of hydrogen-bond acceptors (Lipinski definition) is 6. The molecule has 0 bridgehead atoms. The highest BCUT2D eigenvalue weighted by Crippen LogP contribution is 2.02. The second kappa shape index (κ2) is 5.53. The van der Waals surface area contributed by atoms with E-state index >= 15 is 0 Å². The molecule has 0 aliphatic heterocycles. The molecule has 0 saturated carbocycles. The van der Waals surface area contributed by atoms with Crippen LogP contribution in [0.3, 0.4) is 0 Å². The third kappa shape index (κ3) is 4.17. The van der Waals surface area contributed by atoms with E-state index in [1.54, 1.807) is 13.8 Å². The highest BCUT2D eigenvalue weighted by molar-refractivity contribution is 6.35. The molecule has 0 saturated heterocycles. The predicted octanol–water partition coefficient (Wildman–Crippen LogP) is 0.189. The Labute approximate surface area is 82.0 Å². The summed E-state index contributed by atoms with van der Waals surface area (Å²) in [5, 5.41) is 9.11. The maximum atomic E-state index is 9.11. The van der Waals surface area contributed by atoms with E-state index in [0.29, 0.717) is 0 Å². The summed E-state index contributed by atoms with van der Waals surface area (Å²) in [5.41, 5.74) is 0. The van der Waals surface area contributed by atoms with Gasteiger partial charge in [0.05, 0.1) is 12.3 Å². The lowest BCUT2D eigenvalue weighted by Crippen LogP contribution is -2.28. The van der Waals surface area contributed by atoms with Crippen LogP contribution in [0.15, 0.2) is 18.6 Å². The van der Waals surface area contributed by atoms with Gasteiger partial charge in [0.1, 0.15) is 0 Å². The minimum absolute atomic E-state index is 0.157. The Bertz CT molecular complexity index is 259. The second-order valence-corrected chi connectivity index (χ2v) is 2.71. The smallest absolute Gasteiger partial charge is 0.495 e. The summed E-state index contributed by atoms with van der Waals surface area (Å²) >= 11 is 0. The minimum Gasteiger partial charge on any atom is -0.495 e. The van der Waals surface area contributed by atoms with Gasteiger partial charge in [-0.1, -0.05) is 0 Å². The minimum atomic E-state index is -1.51. The maximum absolute atomic E-state index is 9.11. The highest BCUT2D eigenvalue weighted by Gasteiger charge is 2.21. The van der Waals surface area contributed by atoms with E-state index in [9.17, 15) is 0 Å². The molecular weight excluding hydrogens is 187 g/mol. The van der Waals surface area contributed by atoms with E-state index in [-0.39, 0.29) is 12.0 Å². The normalized spacial score (nSPS) is 10.3. The average Bonchev–Trinajstić information content (AvgIpc) is 2.16. The van der Waals surface area contributed by atoms with Crippen molar-refractivity contribution in [2.24, 2.45) is 0 Å². The number of nitrogens with zero attached hydrogens (tertiary/aromatic N) is 2. The van der Waals surface area contributed by atoms with E-state index in [4.69, 9.17) is 9.68 Å². The number of aromatic nitrogens is 2. The molecule has 0 radical (unpaired) electrons. The SMILES string of the molecule is CC(C)OOB(O)Oc1cnccn1. The van der Waals surface area contributed by atoms with Crippen molar-refractivity contribution < 1.29 is 19.4 Å². The van der Waals surface area contributed by atoms with E-state index < -0.39 is 7.32 Å². The lowest BCUT2D eigenvalue weighted by atomic mass is 10.3. The Morgan fingerprint density at radius 1 is 1.43 bits per heavy atom. The maximum Gasteiger partial charge on any atom is 0.740 e. The van der Waals surface area contributed by atoms with Crippen molar-refractivity contribution >= 4 is 7.32 Å². The molecule has 76 valence electrons. The van der Waals surface area contributed by atoms with E-state index in [2.05, 4.69) is 19.7 Å². The van der Waals surface area contributed by atoms with Crippen LogP contribution in [0.5, 0.6) is 5.88 Å². The molecule has 1 N–H and O–H groups in total. The molecule has 0 atom stereocenters. The van der Waals surface area contributed by atoms with Gasteiger partial charge in [-0.05, 0) is 13.8 Å². The topological polar surface area (TPSA) is 73.7 Å². The van der Waals surface area contributed by atoms with Crippen LogP contribution in [-0.2, 0) is 9.69 Å². The van der Waals surface area contributed by atoms with Crippen molar-refractivity contribution in [2.75, 3.05) is 0 Å². The van der Waals surface area contributed by atoms with Crippen LogP contribution in [0.2, 0.25) is 0 Å². The lowest BCUT2D eigenvalue weighted by Gasteiger charge is -2.09. The molecule has 0 amide bonds. The summed E-state index contributed by atoms with van der Waals surface area (Å²) in [6.45, 7) is 3.52. The largest absolute Gasteiger partial charge is 0.740 e. The van der Waals surface area contributed by atoms with Gasteiger partial charge in [0.25, 0.3) is 0 Å². The molecule has 0 aliphatic carbocycles. The molecule has 1 heterocycles. The van der Waals surface area contributed by atoms with Gasteiger partial charge in [-0.2, -0.15) is 0 Å². The van der Waals surface area contributed by atoms with Gasteiger partial charge in [-0.3, -0.25) is 4.98 Å². The van der Waals surface area contributed by atoms with Gasteiger partial charge >= 0.3 is 7.32 Å². The first-order valence-electron chi connectivity index (χ1n) is 4.11. The van der Waals surface area contributed by atoms with Crippen LogP contribution in [-0.4, -0.2) is 28.4 Å². The summed E-state index contributed by atoms with van der Waals surface area (Å²) < 4.78 is 4.80. The molecule has 0 aliphatic rings. The van der Waals surface area contributed by atoms with Crippen molar-refractivity contribution in [3.63, 3.8) is 0 Å². The Balaban J connectivity index is 2.30. The van der Waals surface area contributed by atoms with Crippen LogP contribution < -0.4 is 4.65 Å². The Kier molecular flexibility index (Phi) is 4.31. The monoisotopic (exact) mass is 198 g/mol. The van der Waals surface area contributed by atoms with Gasteiger partial charge in [0, 0.05) is 12.4 Å². The number of rotatable bonds is 5. The predicted molar refractivity (Wildman–Crippen MR) is 47.9 cm³/mol. The van der Waals surface area contributed by atoms with Crippen molar-refractivity contribution in [1.29, 1.82) is 0 Å². The molecule has 0 fully saturated rings. The molecule has 14 heavy (non-hydrogen) atoms. The molecule has 6 nitrogen and oxygen atoms in total. The Morgan fingerprint density at radius 3 is 2.79 bits per heavy atom. The standard InChI is InChI=1S/C7H11BN2O4/c1-6(2)13-14-8(11)12-7-5-9-3-4-10-7/h3-6,11H,1-2H3. The van der Waals surface area contributed by atoms with Crippen molar-refractivity contribution in [1.82, 2.24) is 9.97 Å². The zero-order valence-electron chi connectivity index (χ0n) is 7.95. The fraction of sp³-hybridized carbons (Fsp3) is 0.429. The van der Waals surface area contributed by atoms with Crippen molar-refractivity contribution in [3.05, 3.63) is 18.6 Å². The molecule has 1 aromatic rings. The van der Waals surface area contributed by atoms with Gasteiger partial charge in [-0.15, -0.1) is 0 Å². The van der Waals surface area contributed by atoms with E-state index in [1.807, 2.05) is 0 Å².